The molecule has 2 heterocycles. The standard InChI is InChI=1S/C18H31NO2/c1-2-3-4-5-6-10-16(20)11-7-9-15-14-18-17(21-18)12-8-13-19-15/h6,10,15,17-19H,2-5,7-9,11-14H2,1H3/b10-6+/t15-,17-,18+/m1/s1. The van der Waals surface area contributed by atoms with Crippen molar-refractivity contribution in [3.8, 4) is 0 Å². The summed E-state index contributed by atoms with van der Waals surface area (Å²) in [5.74, 6) is 0.290. The molecule has 0 unspecified atom stereocenters. The quantitative estimate of drug-likeness (QED) is 0.400. The third-order valence-electron chi connectivity index (χ3n) is 4.56. The van der Waals surface area contributed by atoms with Gasteiger partial charge < -0.3 is 10.1 Å². The third-order valence-corrected chi connectivity index (χ3v) is 4.56. The van der Waals surface area contributed by atoms with Crippen molar-refractivity contribution in [1.29, 1.82) is 0 Å². The number of fused-ring (bicyclic) bond motifs is 1. The molecule has 1 N–H and O–H groups in total. The van der Waals surface area contributed by atoms with Gasteiger partial charge in [0.15, 0.2) is 5.78 Å². The molecular weight excluding hydrogens is 262 g/mol. The second-order valence-corrected chi connectivity index (χ2v) is 6.50. The van der Waals surface area contributed by atoms with Crippen LogP contribution in [0.1, 0.15) is 71.1 Å². The van der Waals surface area contributed by atoms with E-state index in [-0.39, 0.29) is 5.78 Å². The van der Waals surface area contributed by atoms with Crippen molar-refractivity contribution in [3.63, 3.8) is 0 Å². The third kappa shape index (κ3) is 6.75. The zero-order valence-electron chi connectivity index (χ0n) is 13.5. The summed E-state index contributed by atoms with van der Waals surface area (Å²) in [4.78, 5) is 11.8. The normalized spacial score (nSPS) is 28.9. The average Bonchev–Trinajstić information content (AvgIpc) is 3.17. The minimum absolute atomic E-state index is 0.290. The monoisotopic (exact) mass is 293 g/mol. The predicted molar refractivity (Wildman–Crippen MR) is 86.4 cm³/mol. The van der Waals surface area contributed by atoms with Crippen molar-refractivity contribution in [1.82, 2.24) is 5.32 Å². The van der Waals surface area contributed by atoms with Gasteiger partial charge in [-0.05, 0) is 57.6 Å². The second kappa shape index (κ2) is 9.37. The molecule has 0 radical (unpaired) electrons. The molecule has 0 bridgehead atoms. The summed E-state index contributed by atoms with van der Waals surface area (Å²) < 4.78 is 5.66. The van der Waals surface area contributed by atoms with E-state index in [0.29, 0.717) is 24.7 Å². The molecule has 2 saturated heterocycles. The summed E-state index contributed by atoms with van der Waals surface area (Å²) in [5.41, 5.74) is 0. The molecule has 0 aromatic rings. The lowest BCUT2D eigenvalue weighted by molar-refractivity contribution is -0.114. The van der Waals surface area contributed by atoms with Crippen LogP contribution in [-0.2, 0) is 9.53 Å². The summed E-state index contributed by atoms with van der Waals surface area (Å²) in [6.45, 7) is 3.30. The van der Waals surface area contributed by atoms with Gasteiger partial charge >= 0.3 is 0 Å². The van der Waals surface area contributed by atoms with Crippen LogP contribution in [0.3, 0.4) is 0 Å². The summed E-state index contributed by atoms with van der Waals surface area (Å²) in [6, 6.07) is 0.543. The molecule has 3 heteroatoms. The Kier molecular flexibility index (Phi) is 7.45. The molecular formula is C18H31NO2. The Balaban J connectivity index is 1.54. The molecule has 0 aliphatic carbocycles. The van der Waals surface area contributed by atoms with Crippen LogP contribution >= 0.6 is 0 Å². The number of ether oxygens (including phenoxy) is 1. The zero-order valence-corrected chi connectivity index (χ0v) is 13.5. The average molecular weight is 293 g/mol. The summed E-state index contributed by atoms with van der Waals surface area (Å²) >= 11 is 0. The van der Waals surface area contributed by atoms with E-state index >= 15 is 0 Å². The fraction of sp³-hybridized carbons (Fsp3) is 0.833. The van der Waals surface area contributed by atoms with Gasteiger partial charge in [0.1, 0.15) is 0 Å². The second-order valence-electron chi connectivity index (χ2n) is 6.50. The molecule has 120 valence electrons. The molecule has 3 atom stereocenters. The lowest BCUT2D eigenvalue weighted by Gasteiger charge is -2.19. The Morgan fingerprint density at radius 3 is 3.05 bits per heavy atom. The van der Waals surface area contributed by atoms with E-state index in [1.54, 1.807) is 6.08 Å². The largest absolute Gasteiger partial charge is 0.370 e. The maximum Gasteiger partial charge on any atom is 0.155 e. The maximum absolute atomic E-state index is 11.8. The molecule has 0 amide bonds. The number of hydrogen-bond donors (Lipinski definition) is 1. The minimum Gasteiger partial charge on any atom is -0.370 e. The molecule has 0 saturated carbocycles. The van der Waals surface area contributed by atoms with Crippen molar-refractivity contribution in [3.05, 3.63) is 12.2 Å². The Hall–Kier alpha value is -0.670. The Morgan fingerprint density at radius 1 is 1.29 bits per heavy atom. The molecule has 2 fully saturated rings. The van der Waals surface area contributed by atoms with Gasteiger partial charge in [-0.3, -0.25) is 4.79 Å². The highest BCUT2D eigenvalue weighted by Gasteiger charge is 2.40. The first-order valence-corrected chi connectivity index (χ1v) is 8.88. The highest BCUT2D eigenvalue weighted by Crippen LogP contribution is 2.32. The van der Waals surface area contributed by atoms with Crippen molar-refractivity contribution >= 4 is 5.78 Å². The smallest absolute Gasteiger partial charge is 0.155 e. The number of unbranched alkanes of at least 4 members (excludes halogenated alkanes) is 3. The Labute approximate surface area is 129 Å². The SMILES string of the molecule is CCCCC/C=C/C(=O)CCC[C@@H]1C[C@@H]2O[C@@H]2CCCN1. The van der Waals surface area contributed by atoms with Crippen LogP contribution in [0.25, 0.3) is 0 Å². The first kappa shape index (κ1) is 16.7. The van der Waals surface area contributed by atoms with Gasteiger partial charge in [0.05, 0.1) is 12.2 Å². The van der Waals surface area contributed by atoms with Crippen molar-refractivity contribution in [2.75, 3.05) is 6.54 Å². The molecule has 2 aliphatic heterocycles. The minimum atomic E-state index is 0.290. The molecule has 2 aliphatic rings. The molecule has 3 nitrogen and oxygen atoms in total. The van der Waals surface area contributed by atoms with E-state index in [4.69, 9.17) is 4.74 Å². The number of rotatable bonds is 9. The van der Waals surface area contributed by atoms with Gasteiger partial charge in [-0.1, -0.05) is 25.8 Å². The fourth-order valence-corrected chi connectivity index (χ4v) is 3.17. The van der Waals surface area contributed by atoms with Crippen molar-refractivity contribution in [2.24, 2.45) is 0 Å². The molecule has 0 spiro atoms. The zero-order chi connectivity index (χ0) is 14.9. The van der Waals surface area contributed by atoms with E-state index in [9.17, 15) is 4.79 Å². The number of nitrogens with one attached hydrogen (secondary N) is 1. The first-order valence-electron chi connectivity index (χ1n) is 8.88. The van der Waals surface area contributed by atoms with Crippen LogP contribution in [0.15, 0.2) is 12.2 Å². The number of hydrogen-bond acceptors (Lipinski definition) is 3. The fourth-order valence-electron chi connectivity index (χ4n) is 3.17. The summed E-state index contributed by atoms with van der Waals surface area (Å²) in [7, 11) is 0. The number of carbonyl (C=O) groups is 1. The number of allylic oxidation sites excluding steroid dienone is 2. The van der Waals surface area contributed by atoms with Gasteiger partial charge in [0, 0.05) is 12.5 Å². The van der Waals surface area contributed by atoms with E-state index in [2.05, 4.69) is 18.3 Å². The van der Waals surface area contributed by atoms with Gasteiger partial charge in [0.25, 0.3) is 0 Å². The lowest BCUT2D eigenvalue weighted by Crippen LogP contribution is -2.33. The highest BCUT2D eigenvalue weighted by molar-refractivity contribution is 5.89. The topological polar surface area (TPSA) is 41.6 Å². The number of ketones is 1. The van der Waals surface area contributed by atoms with Crippen LogP contribution < -0.4 is 5.32 Å². The van der Waals surface area contributed by atoms with Gasteiger partial charge in [-0.15, -0.1) is 0 Å². The highest BCUT2D eigenvalue weighted by atomic mass is 16.6. The van der Waals surface area contributed by atoms with Crippen LogP contribution in [0, 0.1) is 0 Å². The number of carbonyl (C=O) groups excluding carboxylic acids is 1. The van der Waals surface area contributed by atoms with Crippen LogP contribution in [-0.4, -0.2) is 30.6 Å². The van der Waals surface area contributed by atoms with E-state index < -0.39 is 0 Å². The summed E-state index contributed by atoms with van der Waals surface area (Å²) in [5, 5.41) is 3.61. The van der Waals surface area contributed by atoms with E-state index in [1.807, 2.05) is 0 Å². The van der Waals surface area contributed by atoms with Gasteiger partial charge in [-0.2, -0.15) is 0 Å². The summed E-state index contributed by atoms with van der Waals surface area (Å²) in [6.07, 6.45) is 16.0. The van der Waals surface area contributed by atoms with Crippen LogP contribution in [0.4, 0.5) is 0 Å². The lowest BCUT2D eigenvalue weighted by atomic mass is 9.99. The van der Waals surface area contributed by atoms with E-state index in [0.717, 1.165) is 32.2 Å². The van der Waals surface area contributed by atoms with Crippen molar-refractivity contribution < 1.29 is 9.53 Å². The molecule has 0 aromatic carbocycles. The predicted octanol–water partition coefficient (Wildman–Crippen LogP) is 3.77. The first-order chi connectivity index (χ1) is 10.3. The maximum atomic E-state index is 11.8. The van der Waals surface area contributed by atoms with E-state index in [1.165, 1.54) is 32.1 Å². The van der Waals surface area contributed by atoms with Crippen LogP contribution in [0.2, 0.25) is 0 Å². The molecule has 2 rings (SSSR count). The van der Waals surface area contributed by atoms with Gasteiger partial charge in [0.2, 0.25) is 0 Å². The Morgan fingerprint density at radius 2 is 2.19 bits per heavy atom. The van der Waals surface area contributed by atoms with Crippen LogP contribution in [0.5, 0.6) is 0 Å². The molecule has 0 aromatic heterocycles. The Bertz CT molecular complexity index is 340. The van der Waals surface area contributed by atoms with Gasteiger partial charge in [-0.25, -0.2) is 0 Å². The number of epoxide rings is 1. The molecule has 21 heavy (non-hydrogen) atoms. The van der Waals surface area contributed by atoms with Crippen molar-refractivity contribution in [2.45, 2.75) is 89.4 Å².